The van der Waals surface area contributed by atoms with E-state index in [1.807, 2.05) is 0 Å². The van der Waals surface area contributed by atoms with Crippen molar-refractivity contribution >= 4 is 10.0 Å². The molecule has 0 saturated carbocycles. The monoisotopic (exact) mass is 291 g/mol. The maximum atomic E-state index is 10.9. The number of likely N-dealkylation sites (tertiary alicyclic amines) is 1. The van der Waals surface area contributed by atoms with Gasteiger partial charge in [0, 0.05) is 12.6 Å². The second-order valence-corrected chi connectivity index (χ2v) is 7.37. The summed E-state index contributed by atoms with van der Waals surface area (Å²) in [6.07, 6.45) is 4.57. The molecule has 6 heteroatoms. The van der Waals surface area contributed by atoms with E-state index in [-0.39, 0.29) is 0 Å². The van der Waals surface area contributed by atoms with Gasteiger partial charge in [0.15, 0.2) is 0 Å². The molecule has 0 bridgehead atoms. The Balaban J connectivity index is 2.09. The smallest absolute Gasteiger partial charge is 0.208 e. The van der Waals surface area contributed by atoms with Crippen molar-refractivity contribution in [2.24, 2.45) is 5.92 Å². The van der Waals surface area contributed by atoms with Crippen molar-refractivity contribution in [3.63, 3.8) is 0 Å². The third kappa shape index (κ3) is 7.25. The van der Waals surface area contributed by atoms with Crippen LogP contribution in [0.5, 0.6) is 0 Å². The lowest BCUT2D eigenvalue weighted by molar-refractivity contribution is 0.169. The van der Waals surface area contributed by atoms with Crippen LogP contribution in [0.3, 0.4) is 0 Å². The van der Waals surface area contributed by atoms with Crippen LogP contribution >= 0.6 is 0 Å². The van der Waals surface area contributed by atoms with Crippen LogP contribution in [0.1, 0.15) is 33.1 Å². The van der Waals surface area contributed by atoms with Gasteiger partial charge in [-0.1, -0.05) is 6.92 Å². The molecule has 19 heavy (non-hydrogen) atoms. The zero-order chi connectivity index (χ0) is 14.3. The van der Waals surface area contributed by atoms with Crippen LogP contribution in [0.4, 0.5) is 0 Å². The Morgan fingerprint density at radius 3 is 2.42 bits per heavy atom. The predicted octanol–water partition coefficient (Wildman–Crippen LogP) is 0.636. The minimum Gasteiger partial charge on any atom is -0.314 e. The molecule has 0 spiro atoms. The first-order valence-corrected chi connectivity index (χ1v) is 9.22. The average Bonchev–Trinajstić information content (AvgIpc) is 2.37. The number of hydrogen-bond donors (Lipinski definition) is 2. The van der Waals surface area contributed by atoms with Gasteiger partial charge >= 0.3 is 0 Å². The van der Waals surface area contributed by atoms with Crippen LogP contribution in [0.25, 0.3) is 0 Å². The van der Waals surface area contributed by atoms with Crippen molar-refractivity contribution in [2.45, 2.75) is 39.2 Å². The minimum absolute atomic E-state index is 0.521. The van der Waals surface area contributed by atoms with E-state index >= 15 is 0 Å². The van der Waals surface area contributed by atoms with Crippen LogP contribution in [-0.2, 0) is 10.0 Å². The fourth-order valence-corrected chi connectivity index (χ4v) is 3.13. The summed E-state index contributed by atoms with van der Waals surface area (Å²) in [6.45, 7) is 9.44. The van der Waals surface area contributed by atoms with Gasteiger partial charge in [-0.25, -0.2) is 13.1 Å². The van der Waals surface area contributed by atoms with E-state index in [1.165, 1.54) is 32.2 Å². The fraction of sp³-hybridized carbons (Fsp3) is 1.00. The molecule has 1 unspecified atom stereocenters. The lowest BCUT2D eigenvalue weighted by atomic mass is 9.90. The lowest BCUT2D eigenvalue weighted by Gasteiger charge is -2.34. The van der Waals surface area contributed by atoms with Gasteiger partial charge in [0.25, 0.3) is 0 Å². The fourth-order valence-electron chi connectivity index (χ4n) is 2.61. The van der Waals surface area contributed by atoms with Crippen LogP contribution in [0, 0.1) is 5.92 Å². The first kappa shape index (κ1) is 16.9. The molecule has 0 aliphatic carbocycles. The van der Waals surface area contributed by atoms with E-state index < -0.39 is 10.0 Å². The second kappa shape index (κ2) is 8.19. The molecule has 0 aromatic heterocycles. The highest BCUT2D eigenvalue weighted by Gasteiger charge is 2.22. The summed E-state index contributed by atoms with van der Waals surface area (Å²) in [4.78, 5) is 2.50. The highest BCUT2D eigenvalue weighted by Crippen LogP contribution is 2.20. The zero-order valence-electron chi connectivity index (χ0n) is 12.5. The first-order chi connectivity index (χ1) is 8.92. The molecule has 1 saturated heterocycles. The highest BCUT2D eigenvalue weighted by molar-refractivity contribution is 7.88. The summed E-state index contributed by atoms with van der Waals surface area (Å²) in [7, 11) is -3.04. The summed E-state index contributed by atoms with van der Waals surface area (Å²) < 4.78 is 24.3. The van der Waals surface area contributed by atoms with Crippen molar-refractivity contribution in [1.82, 2.24) is 14.9 Å². The second-order valence-electron chi connectivity index (χ2n) is 5.53. The average molecular weight is 291 g/mol. The van der Waals surface area contributed by atoms with Crippen LogP contribution in [-0.4, -0.2) is 58.3 Å². The molecule has 1 atom stereocenters. The SMILES string of the molecule is CCN1CCC(C(C)NCCCNS(C)(=O)=O)CC1. The Hall–Kier alpha value is -0.170. The number of rotatable bonds is 8. The molecule has 2 N–H and O–H groups in total. The van der Waals surface area contributed by atoms with Crippen molar-refractivity contribution in [3.05, 3.63) is 0 Å². The molecule has 5 nitrogen and oxygen atoms in total. The summed E-state index contributed by atoms with van der Waals surface area (Å²) in [5.41, 5.74) is 0. The Bertz CT molecular complexity index is 338. The van der Waals surface area contributed by atoms with Gasteiger partial charge in [0.05, 0.1) is 6.26 Å². The number of sulfonamides is 1. The molecular weight excluding hydrogens is 262 g/mol. The van der Waals surface area contributed by atoms with Crippen molar-refractivity contribution in [1.29, 1.82) is 0 Å². The van der Waals surface area contributed by atoms with Gasteiger partial charge in [-0.15, -0.1) is 0 Å². The normalized spacial score (nSPS) is 20.6. The van der Waals surface area contributed by atoms with Crippen molar-refractivity contribution in [2.75, 3.05) is 39.0 Å². The quantitative estimate of drug-likeness (QED) is 0.644. The third-order valence-corrected chi connectivity index (χ3v) is 4.70. The largest absolute Gasteiger partial charge is 0.314 e. The predicted molar refractivity (Wildman–Crippen MR) is 79.8 cm³/mol. The minimum atomic E-state index is -3.04. The molecule has 0 radical (unpaired) electrons. The van der Waals surface area contributed by atoms with E-state index in [0.717, 1.165) is 25.4 Å². The standard InChI is InChI=1S/C13H29N3O2S/c1-4-16-10-6-13(7-11-16)12(2)14-8-5-9-15-19(3,17)18/h12-15H,4-11H2,1-3H3. The maximum absolute atomic E-state index is 10.9. The number of nitrogens with one attached hydrogen (secondary N) is 2. The maximum Gasteiger partial charge on any atom is 0.208 e. The molecule has 1 heterocycles. The summed E-state index contributed by atoms with van der Waals surface area (Å²) in [6, 6.07) is 0.525. The van der Waals surface area contributed by atoms with Crippen molar-refractivity contribution in [3.8, 4) is 0 Å². The highest BCUT2D eigenvalue weighted by atomic mass is 32.2. The summed E-state index contributed by atoms with van der Waals surface area (Å²) >= 11 is 0. The Labute approximate surface area is 118 Å². The topological polar surface area (TPSA) is 61.4 Å². The van der Waals surface area contributed by atoms with Gasteiger partial charge in [-0.2, -0.15) is 0 Å². The Morgan fingerprint density at radius 1 is 1.26 bits per heavy atom. The number of hydrogen-bond acceptors (Lipinski definition) is 4. The molecule has 0 aromatic rings. The van der Waals surface area contributed by atoms with Gasteiger partial charge in [0.1, 0.15) is 0 Å². The number of nitrogens with zero attached hydrogens (tertiary/aromatic N) is 1. The van der Waals surface area contributed by atoms with Crippen LogP contribution < -0.4 is 10.0 Å². The number of piperidine rings is 1. The van der Waals surface area contributed by atoms with Crippen LogP contribution in [0.2, 0.25) is 0 Å². The molecular formula is C13H29N3O2S. The van der Waals surface area contributed by atoms with Gasteiger partial charge in [-0.05, 0) is 58.3 Å². The zero-order valence-corrected chi connectivity index (χ0v) is 13.3. The molecule has 1 fully saturated rings. The van der Waals surface area contributed by atoms with E-state index in [0.29, 0.717) is 12.6 Å². The molecule has 1 aliphatic heterocycles. The molecule has 1 rings (SSSR count). The van der Waals surface area contributed by atoms with Gasteiger partial charge in [0.2, 0.25) is 10.0 Å². The van der Waals surface area contributed by atoms with Gasteiger partial charge < -0.3 is 10.2 Å². The van der Waals surface area contributed by atoms with E-state index in [2.05, 4.69) is 28.8 Å². The molecule has 114 valence electrons. The molecule has 0 aromatic carbocycles. The van der Waals surface area contributed by atoms with Crippen LogP contribution in [0.15, 0.2) is 0 Å². The summed E-state index contributed by atoms with van der Waals surface area (Å²) in [5.74, 6) is 0.755. The van der Waals surface area contributed by atoms with E-state index in [4.69, 9.17) is 0 Å². The third-order valence-electron chi connectivity index (χ3n) is 3.97. The lowest BCUT2D eigenvalue weighted by Crippen LogP contribution is -2.42. The molecule has 1 aliphatic rings. The van der Waals surface area contributed by atoms with Crippen molar-refractivity contribution < 1.29 is 8.42 Å². The summed E-state index contributed by atoms with van der Waals surface area (Å²) in [5, 5.41) is 3.52. The Morgan fingerprint density at radius 2 is 1.89 bits per heavy atom. The van der Waals surface area contributed by atoms with E-state index in [9.17, 15) is 8.42 Å². The first-order valence-electron chi connectivity index (χ1n) is 7.32. The van der Waals surface area contributed by atoms with Gasteiger partial charge in [-0.3, -0.25) is 0 Å². The molecule has 0 amide bonds. The van der Waals surface area contributed by atoms with E-state index in [1.54, 1.807) is 0 Å². The Kier molecular flexibility index (Phi) is 7.28.